The Morgan fingerprint density at radius 2 is 0.510 bits per heavy atom. The summed E-state index contributed by atoms with van der Waals surface area (Å²) in [6.07, 6.45) is 69.5. The highest BCUT2D eigenvalue weighted by Crippen LogP contribution is 2.45. The van der Waals surface area contributed by atoms with Crippen LogP contribution in [0, 0.1) is 0 Å². The van der Waals surface area contributed by atoms with Crippen molar-refractivity contribution >= 4 is 39.5 Å². The van der Waals surface area contributed by atoms with Crippen molar-refractivity contribution in [2.75, 3.05) is 39.6 Å². The highest BCUT2D eigenvalue weighted by atomic mass is 31.2. The van der Waals surface area contributed by atoms with Gasteiger partial charge in [0.1, 0.15) is 19.3 Å². The Labute approximate surface area is 597 Å². The van der Waals surface area contributed by atoms with Crippen LogP contribution < -0.4 is 0 Å². The third-order valence-corrected chi connectivity index (χ3v) is 19.2. The van der Waals surface area contributed by atoms with E-state index in [2.05, 4.69) is 64.2 Å². The number of hydrogen-bond donors (Lipinski definition) is 3. The molecule has 0 amide bonds. The van der Waals surface area contributed by atoms with Crippen LogP contribution in [0.4, 0.5) is 0 Å². The maximum atomic E-state index is 13.1. The predicted octanol–water partition coefficient (Wildman–Crippen LogP) is 22.9. The van der Waals surface area contributed by atoms with Crippen LogP contribution in [-0.4, -0.2) is 96.7 Å². The Balaban J connectivity index is 5.35. The number of ether oxygens (including phenoxy) is 4. The van der Waals surface area contributed by atoms with E-state index in [1.54, 1.807) is 0 Å². The average Bonchev–Trinajstić information content (AvgIpc) is 1.05. The molecule has 0 aromatic carbocycles. The largest absolute Gasteiger partial charge is 0.472 e. The summed E-state index contributed by atoms with van der Waals surface area (Å²) < 4.78 is 68.5. The third kappa shape index (κ3) is 71.4. The monoisotopic (exact) mass is 1430 g/mol. The molecule has 3 N–H and O–H groups in total. The van der Waals surface area contributed by atoms with Gasteiger partial charge in [0.15, 0.2) is 12.2 Å². The molecule has 0 rings (SSSR count). The molecule has 574 valence electrons. The summed E-state index contributed by atoms with van der Waals surface area (Å²) in [6, 6.07) is 0. The number of esters is 4. The van der Waals surface area contributed by atoms with Gasteiger partial charge in [0, 0.05) is 25.7 Å². The Kier molecular flexibility index (Phi) is 70.2. The fourth-order valence-corrected chi connectivity index (χ4v) is 12.8. The third-order valence-electron chi connectivity index (χ3n) is 17.3. The molecule has 98 heavy (non-hydrogen) atoms. The zero-order chi connectivity index (χ0) is 71.8. The smallest absolute Gasteiger partial charge is 0.462 e. The van der Waals surface area contributed by atoms with Gasteiger partial charge in [-0.15, -0.1) is 0 Å². The number of aliphatic hydroxyl groups is 1. The lowest BCUT2D eigenvalue weighted by molar-refractivity contribution is -0.161. The van der Waals surface area contributed by atoms with Crippen molar-refractivity contribution in [1.82, 2.24) is 0 Å². The first-order valence-corrected chi connectivity index (χ1v) is 42.9. The number of carbonyl (C=O) groups excluding carboxylic acids is 4. The second kappa shape index (κ2) is 72.4. The second-order valence-electron chi connectivity index (χ2n) is 27.0. The van der Waals surface area contributed by atoms with E-state index in [0.717, 1.165) is 89.9 Å². The molecule has 0 aliphatic rings. The van der Waals surface area contributed by atoms with E-state index in [0.29, 0.717) is 32.1 Å². The Morgan fingerprint density at radius 1 is 0.286 bits per heavy atom. The van der Waals surface area contributed by atoms with Crippen molar-refractivity contribution < 1.29 is 80.2 Å². The van der Waals surface area contributed by atoms with E-state index in [4.69, 9.17) is 37.0 Å². The fourth-order valence-electron chi connectivity index (χ4n) is 11.2. The minimum Gasteiger partial charge on any atom is -0.462 e. The molecule has 0 aromatic heterocycles. The molecule has 19 heteroatoms. The van der Waals surface area contributed by atoms with Crippen LogP contribution in [0.3, 0.4) is 0 Å². The highest BCUT2D eigenvalue weighted by Gasteiger charge is 2.30. The van der Waals surface area contributed by atoms with E-state index in [1.165, 1.54) is 199 Å². The van der Waals surface area contributed by atoms with Gasteiger partial charge in [-0.2, -0.15) is 0 Å². The number of unbranched alkanes of at least 4 members (excludes halogenated alkanes) is 42. The summed E-state index contributed by atoms with van der Waals surface area (Å²) in [6.45, 7) is 4.87. The van der Waals surface area contributed by atoms with Crippen molar-refractivity contribution in [2.24, 2.45) is 0 Å². The van der Waals surface area contributed by atoms with E-state index >= 15 is 0 Å². The Morgan fingerprint density at radius 3 is 0.806 bits per heavy atom. The lowest BCUT2D eigenvalue weighted by Crippen LogP contribution is -2.30. The first-order valence-electron chi connectivity index (χ1n) is 39.9. The number of carbonyl (C=O) groups is 4. The summed E-state index contributed by atoms with van der Waals surface area (Å²) in [4.78, 5) is 72.9. The van der Waals surface area contributed by atoms with Crippen molar-refractivity contribution in [1.29, 1.82) is 0 Å². The number of hydrogen-bond acceptors (Lipinski definition) is 15. The highest BCUT2D eigenvalue weighted by molar-refractivity contribution is 7.47. The molecule has 0 bridgehead atoms. The quantitative estimate of drug-likeness (QED) is 0.0169. The van der Waals surface area contributed by atoms with Crippen LogP contribution in [0.5, 0.6) is 0 Å². The molecular formula is C79H146O17P2. The molecule has 0 radical (unpaired) electrons. The minimum atomic E-state index is -4.98. The molecular weight excluding hydrogens is 1280 g/mol. The van der Waals surface area contributed by atoms with Crippen molar-refractivity contribution in [3.63, 3.8) is 0 Å². The van der Waals surface area contributed by atoms with E-state index < -0.39 is 97.5 Å². The number of allylic oxidation sites excluding steroid dienone is 8. The first-order chi connectivity index (χ1) is 47.7. The molecule has 2 unspecified atom stereocenters. The first kappa shape index (κ1) is 95.0. The molecule has 0 aliphatic carbocycles. The topological polar surface area (TPSA) is 237 Å². The van der Waals surface area contributed by atoms with E-state index in [1.807, 2.05) is 12.2 Å². The van der Waals surface area contributed by atoms with Gasteiger partial charge < -0.3 is 33.8 Å². The van der Waals surface area contributed by atoms with Crippen LogP contribution in [0.2, 0.25) is 0 Å². The van der Waals surface area contributed by atoms with Crippen LogP contribution in [0.15, 0.2) is 48.6 Å². The molecule has 0 fully saturated rings. The lowest BCUT2D eigenvalue weighted by atomic mass is 10.0. The maximum absolute atomic E-state index is 13.1. The second-order valence-corrected chi connectivity index (χ2v) is 29.9. The van der Waals surface area contributed by atoms with E-state index in [9.17, 15) is 43.2 Å². The van der Waals surface area contributed by atoms with Crippen LogP contribution in [0.1, 0.15) is 374 Å². The molecule has 0 saturated heterocycles. The molecule has 0 heterocycles. The predicted molar refractivity (Wildman–Crippen MR) is 400 cm³/mol. The number of aliphatic hydroxyl groups excluding tert-OH is 1. The fraction of sp³-hybridized carbons (Fsp3) is 0.848. The SMILES string of the molecule is CCCCC/C=C\C/C=C\C/C=C\C/C=C\CCCC(=O)O[C@H](COC(=O)CCCCCCCCCCCCCCC)COP(=O)(O)OC[C@H](O)COP(=O)(O)OC[C@@H](COC(=O)CCCCCCCCCCCCCCC)OC(=O)CCCCCCCCCCCCCCCCC. The molecule has 5 atom stereocenters. The van der Waals surface area contributed by atoms with E-state index in [-0.39, 0.29) is 25.7 Å². The molecule has 0 saturated carbocycles. The van der Waals surface area contributed by atoms with Gasteiger partial charge in [-0.1, -0.05) is 333 Å². The van der Waals surface area contributed by atoms with Crippen molar-refractivity contribution in [3.05, 3.63) is 48.6 Å². The Bertz CT molecular complexity index is 2050. The van der Waals surface area contributed by atoms with Gasteiger partial charge >= 0.3 is 39.5 Å². The van der Waals surface area contributed by atoms with Gasteiger partial charge in [-0.25, -0.2) is 9.13 Å². The molecule has 17 nitrogen and oxygen atoms in total. The average molecular weight is 1430 g/mol. The summed E-state index contributed by atoms with van der Waals surface area (Å²) >= 11 is 0. The number of rotatable bonds is 76. The standard InChI is InChI=1S/C79H146O17P2/c1-5-9-13-17-21-25-29-33-35-36-38-42-46-50-54-58-62-66-79(84)96-75(70-90-77(82)64-60-56-52-48-44-40-32-28-24-20-16-12-8-4)72-94-98(87,88)92-68-73(80)67-91-97(85,86)93-71-74(69-89-76(81)63-59-55-51-47-43-39-31-27-23-19-15-11-7-3)95-78(83)65-61-57-53-49-45-41-37-34-30-26-22-18-14-10-6-2/h21,25,33,35,38,42,50,54,73-75,80H,5-20,22-24,26-32,34,36-37,39-41,43-49,51-53,55-72H2,1-4H3,(H,85,86)(H,87,88)/b25-21-,35-33-,42-38-,54-50-/t73-,74-,75-/m1/s1. The summed E-state index contributed by atoms with van der Waals surface area (Å²) in [5.74, 6) is -2.20. The van der Waals surface area contributed by atoms with Gasteiger partial charge in [-0.3, -0.25) is 37.3 Å². The van der Waals surface area contributed by atoms with Gasteiger partial charge in [0.25, 0.3) is 0 Å². The molecule has 0 spiro atoms. The van der Waals surface area contributed by atoms with Gasteiger partial charge in [0.2, 0.25) is 0 Å². The number of phosphoric acid groups is 2. The summed E-state index contributed by atoms with van der Waals surface area (Å²) in [5, 5.41) is 10.6. The van der Waals surface area contributed by atoms with Crippen LogP contribution in [-0.2, 0) is 65.4 Å². The summed E-state index contributed by atoms with van der Waals surface area (Å²) in [5.41, 5.74) is 0. The maximum Gasteiger partial charge on any atom is 0.472 e. The minimum absolute atomic E-state index is 0.0255. The number of phosphoric ester groups is 2. The Hall–Kier alpha value is -2.98. The molecule has 0 aromatic rings. The van der Waals surface area contributed by atoms with Crippen LogP contribution >= 0.6 is 15.6 Å². The summed E-state index contributed by atoms with van der Waals surface area (Å²) in [7, 11) is -9.95. The zero-order valence-electron chi connectivity index (χ0n) is 62.7. The zero-order valence-corrected chi connectivity index (χ0v) is 64.5. The van der Waals surface area contributed by atoms with Crippen molar-refractivity contribution in [3.8, 4) is 0 Å². The van der Waals surface area contributed by atoms with Crippen molar-refractivity contribution in [2.45, 2.75) is 393 Å². The normalized spacial score (nSPS) is 14.2. The molecule has 0 aliphatic heterocycles. The van der Waals surface area contributed by atoms with Crippen LogP contribution in [0.25, 0.3) is 0 Å². The van der Waals surface area contributed by atoms with Gasteiger partial charge in [-0.05, 0) is 64.2 Å². The lowest BCUT2D eigenvalue weighted by Gasteiger charge is -2.21. The van der Waals surface area contributed by atoms with Gasteiger partial charge in [0.05, 0.1) is 26.4 Å².